The lowest BCUT2D eigenvalue weighted by Gasteiger charge is -2.27. The first-order valence-electron chi connectivity index (χ1n) is 20.2. The quantitative estimate of drug-likeness (QED) is 0.158. The molecule has 0 fully saturated rings. The summed E-state index contributed by atoms with van der Waals surface area (Å²) in [6, 6.07) is 75.3. The lowest BCUT2D eigenvalue weighted by Crippen LogP contribution is -2.10. The number of rotatable bonds is 7. The highest BCUT2D eigenvalue weighted by Gasteiger charge is 2.21. The minimum absolute atomic E-state index is 1.03. The molecule has 2 heteroatoms. The van der Waals surface area contributed by atoms with Gasteiger partial charge in [0.1, 0.15) is 0 Å². The van der Waals surface area contributed by atoms with Gasteiger partial charge in [-0.25, -0.2) is 0 Å². The maximum absolute atomic E-state index is 2.50. The smallest absolute Gasteiger partial charge is 0.0537 e. The van der Waals surface area contributed by atoms with Crippen molar-refractivity contribution in [2.75, 3.05) is 4.90 Å². The second-order valence-corrected chi connectivity index (χ2v) is 15.2. The van der Waals surface area contributed by atoms with Crippen molar-refractivity contribution in [1.82, 2.24) is 4.57 Å². The summed E-state index contributed by atoms with van der Waals surface area (Å²) in [5.74, 6) is 0. The Hall–Kier alpha value is -7.42. The average Bonchev–Trinajstić information content (AvgIpc) is 3.63. The molecule has 0 bridgehead atoms. The zero-order valence-electron chi connectivity index (χ0n) is 32.1. The Morgan fingerprint density at radius 1 is 0.397 bits per heavy atom. The van der Waals surface area contributed by atoms with Crippen molar-refractivity contribution in [3.63, 3.8) is 0 Å². The number of hydrogen-bond acceptors (Lipinski definition) is 1. The Morgan fingerprint density at radius 3 is 1.88 bits per heavy atom. The summed E-state index contributed by atoms with van der Waals surface area (Å²) in [6.07, 6.45) is 6.71. The van der Waals surface area contributed by atoms with E-state index in [4.69, 9.17) is 0 Å². The number of benzene rings is 9. The van der Waals surface area contributed by atoms with Crippen LogP contribution in [0.2, 0.25) is 0 Å². The zero-order chi connectivity index (χ0) is 38.4. The van der Waals surface area contributed by atoms with Crippen molar-refractivity contribution in [3.05, 3.63) is 224 Å². The van der Waals surface area contributed by atoms with Gasteiger partial charge in [-0.1, -0.05) is 170 Å². The number of para-hydroxylation sites is 2. The molecule has 0 spiro atoms. The predicted octanol–water partition coefficient (Wildman–Crippen LogP) is 15.4. The van der Waals surface area contributed by atoms with Gasteiger partial charge in [0.15, 0.2) is 0 Å². The van der Waals surface area contributed by atoms with Gasteiger partial charge in [0.25, 0.3) is 0 Å². The van der Waals surface area contributed by atoms with E-state index in [9.17, 15) is 0 Å². The van der Waals surface area contributed by atoms with Gasteiger partial charge in [-0.2, -0.15) is 0 Å². The lowest BCUT2D eigenvalue weighted by atomic mass is 9.96. The second-order valence-electron chi connectivity index (χ2n) is 15.2. The molecule has 274 valence electrons. The largest absolute Gasteiger partial charge is 0.312 e. The van der Waals surface area contributed by atoms with E-state index in [1.807, 2.05) is 0 Å². The van der Waals surface area contributed by atoms with Gasteiger partial charge in [0, 0.05) is 39.3 Å². The lowest BCUT2D eigenvalue weighted by molar-refractivity contribution is 0.889. The average molecular weight is 741 g/mol. The predicted molar refractivity (Wildman–Crippen MR) is 247 cm³/mol. The first-order chi connectivity index (χ1) is 28.8. The van der Waals surface area contributed by atoms with Crippen LogP contribution in [-0.2, 0) is 6.42 Å². The number of fused-ring (bicyclic) bond motifs is 5. The minimum atomic E-state index is 1.03. The van der Waals surface area contributed by atoms with Crippen LogP contribution in [0.25, 0.3) is 77.6 Å². The van der Waals surface area contributed by atoms with E-state index in [1.165, 1.54) is 82.8 Å². The molecule has 0 saturated carbocycles. The number of hydrogen-bond donors (Lipinski definition) is 0. The Bertz CT molecular complexity index is 3160. The third-order valence-electron chi connectivity index (χ3n) is 11.8. The maximum Gasteiger partial charge on any atom is 0.0537 e. The highest BCUT2D eigenvalue weighted by atomic mass is 15.1. The third kappa shape index (κ3) is 5.81. The molecule has 0 atom stereocenters. The molecule has 9 aromatic carbocycles. The summed E-state index contributed by atoms with van der Waals surface area (Å²) in [6.45, 7) is 0. The van der Waals surface area contributed by atoms with Crippen molar-refractivity contribution in [1.29, 1.82) is 0 Å². The van der Waals surface area contributed by atoms with Crippen LogP contribution in [0.15, 0.2) is 212 Å². The second kappa shape index (κ2) is 14.3. The summed E-state index contributed by atoms with van der Waals surface area (Å²) in [4.78, 5) is 2.40. The summed E-state index contributed by atoms with van der Waals surface area (Å²) in [5, 5.41) is 6.25. The molecular weight excluding hydrogens is 701 g/mol. The van der Waals surface area contributed by atoms with Gasteiger partial charge in [-0.05, 0) is 111 Å². The van der Waals surface area contributed by atoms with E-state index in [0.29, 0.717) is 0 Å². The molecule has 2 nitrogen and oxygen atoms in total. The fraction of sp³-hybridized carbons (Fsp3) is 0.0357. The van der Waals surface area contributed by atoms with Crippen molar-refractivity contribution < 1.29 is 0 Å². The van der Waals surface area contributed by atoms with Crippen molar-refractivity contribution >= 4 is 55.6 Å². The van der Waals surface area contributed by atoms with Crippen LogP contribution in [-0.4, -0.2) is 4.57 Å². The zero-order valence-corrected chi connectivity index (χ0v) is 32.1. The fourth-order valence-electron chi connectivity index (χ4n) is 9.17. The van der Waals surface area contributed by atoms with E-state index in [1.54, 1.807) is 0 Å². The van der Waals surface area contributed by atoms with Crippen LogP contribution < -0.4 is 4.90 Å². The van der Waals surface area contributed by atoms with Crippen molar-refractivity contribution in [2.45, 2.75) is 12.8 Å². The van der Waals surface area contributed by atoms with Gasteiger partial charge >= 0.3 is 0 Å². The van der Waals surface area contributed by atoms with Crippen LogP contribution in [0.1, 0.15) is 17.7 Å². The van der Waals surface area contributed by atoms with E-state index in [0.717, 1.165) is 29.9 Å². The normalized spacial score (nSPS) is 12.3. The van der Waals surface area contributed by atoms with Gasteiger partial charge in [-0.15, -0.1) is 0 Å². The SMILES string of the molecule is C1=Cc2c(n(-c3ccccc3-c3ccc(N(c4cccc(-c5cccc6ccccc56)c4)c4ccc5c(-c6ccccc6)cccc5c4)cc3)c3ccccc23)CC1. The van der Waals surface area contributed by atoms with E-state index in [-0.39, 0.29) is 0 Å². The molecule has 1 aliphatic rings. The molecule has 10 aromatic rings. The van der Waals surface area contributed by atoms with E-state index in [2.05, 4.69) is 228 Å². The first kappa shape index (κ1) is 33.9. The molecule has 0 saturated heterocycles. The number of allylic oxidation sites excluding steroid dienone is 1. The standard InChI is InChI=1S/C56H40N2/c1-2-15-39(16-3-1)48-26-14-20-43-38-46(35-36-50(43)48)57(45-21-12-19-42(37-45)49-27-13-18-40-17-4-5-22-47(40)49)44-33-31-41(32-34-44)51-23-6-9-28-54(51)58-55-29-10-7-24-52(55)53-25-8-11-30-56(53)58/h1-10,12-29,31-38H,11,30H2. The van der Waals surface area contributed by atoms with Gasteiger partial charge < -0.3 is 9.47 Å². The van der Waals surface area contributed by atoms with E-state index >= 15 is 0 Å². The molecule has 0 amide bonds. The van der Waals surface area contributed by atoms with Crippen LogP contribution >= 0.6 is 0 Å². The summed E-state index contributed by atoms with van der Waals surface area (Å²) in [7, 11) is 0. The molecule has 0 aliphatic heterocycles. The summed E-state index contributed by atoms with van der Waals surface area (Å²) >= 11 is 0. The third-order valence-corrected chi connectivity index (χ3v) is 11.8. The number of anilines is 3. The maximum atomic E-state index is 2.50. The minimum Gasteiger partial charge on any atom is -0.312 e. The molecule has 0 N–H and O–H groups in total. The Kier molecular flexibility index (Phi) is 8.33. The van der Waals surface area contributed by atoms with Crippen LogP contribution in [0.5, 0.6) is 0 Å². The highest BCUT2D eigenvalue weighted by molar-refractivity contribution is 6.01. The Morgan fingerprint density at radius 2 is 1.00 bits per heavy atom. The topological polar surface area (TPSA) is 8.17 Å². The molecule has 0 unspecified atom stereocenters. The highest BCUT2D eigenvalue weighted by Crippen LogP contribution is 2.42. The Balaban J connectivity index is 1.05. The molecule has 1 aliphatic carbocycles. The molecule has 11 rings (SSSR count). The number of nitrogens with zero attached hydrogens (tertiary/aromatic N) is 2. The van der Waals surface area contributed by atoms with Crippen molar-refractivity contribution in [3.8, 4) is 39.1 Å². The van der Waals surface area contributed by atoms with Crippen LogP contribution in [0.3, 0.4) is 0 Å². The van der Waals surface area contributed by atoms with Gasteiger partial charge in [0.05, 0.1) is 11.2 Å². The monoisotopic (exact) mass is 740 g/mol. The molecule has 58 heavy (non-hydrogen) atoms. The molecule has 1 heterocycles. The molecular formula is C56H40N2. The van der Waals surface area contributed by atoms with Crippen LogP contribution in [0, 0.1) is 0 Å². The van der Waals surface area contributed by atoms with Gasteiger partial charge in [0.2, 0.25) is 0 Å². The van der Waals surface area contributed by atoms with Gasteiger partial charge in [-0.3, -0.25) is 0 Å². The first-order valence-corrected chi connectivity index (χ1v) is 20.2. The van der Waals surface area contributed by atoms with Crippen molar-refractivity contribution in [2.24, 2.45) is 0 Å². The summed E-state index contributed by atoms with van der Waals surface area (Å²) in [5.41, 5.74) is 15.8. The summed E-state index contributed by atoms with van der Waals surface area (Å²) < 4.78 is 2.50. The van der Waals surface area contributed by atoms with Crippen LogP contribution in [0.4, 0.5) is 17.1 Å². The number of aromatic nitrogens is 1. The van der Waals surface area contributed by atoms with E-state index < -0.39 is 0 Å². The Labute approximate surface area is 339 Å². The molecule has 0 radical (unpaired) electrons. The molecule has 1 aromatic heterocycles. The fourth-order valence-corrected chi connectivity index (χ4v) is 9.17.